The van der Waals surface area contributed by atoms with Crippen LogP contribution in [-0.2, 0) is 14.6 Å². The van der Waals surface area contributed by atoms with Crippen LogP contribution in [0.2, 0.25) is 0 Å². The van der Waals surface area contributed by atoms with E-state index in [1.807, 2.05) is 0 Å². The molecular weight excluding hydrogens is 349 g/mol. The van der Waals surface area contributed by atoms with Gasteiger partial charge in [-0.3, -0.25) is 10.0 Å². The number of amides is 1. The van der Waals surface area contributed by atoms with Crippen LogP contribution in [0.1, 0.15) is 13.3 Å². The fraction of sp³-hybridized carbons (Fsp3) is 0.235. The molecular formula is C17H18FNO5S. The average Bonchev–Trinajstić information content (AvgIpc) is 2.61. The summed E-state index contributed by atoms with van der Waals surface area (Å²) in [5.41, 5.74) is 0. The van der Waals surface area contributed by atoms with E-state index < -0.39 is 15.9 Å². The number of hydrogen-bond donors (Lipinski definition) is 1. The van der Waals surface area contributed by atoms with Crippen LogP contribution in [0.5, 0.6) is 11.5 Å². The molecule has 0 fully saturated rings. The zero-order valence-corrected chi connectivity index (χ0v) is 14.3. The summed E-state index contributed by atoms with van der Waals surface area (Å²) in [4.78, 5) is 10.6. The van der Waals surface area contributed by atoms with Crippen molar-refractivity contribution < 1.29 is 27.5 Å². The Morgan fingerprint density at radius 1 is 1.12 bits per heavy atom. The van der Waals surface area contributed by atoms with Gasteiger partial charge in [-0.05, 0) is 61.9 Å². The lowest BCUT2D eigenvalue weighted by molar-refractivity contribution is -0.158. The minimum Gasteiger partial charge on any atom is -0.457 e. The molecule has 2 aromatic rings. The van der Waals surface area contributed by atoms with Crippen molar-refractivity contribution in [3.63, 3.8) is 0 Å². The summed E-state index contributed by atoms with van der Waals surface area (Å²) in [5, 5.41) is 9.66. The quantitative estimate of drug-likeness (QED) is 0.440. The van der Waals surface area contributed by atoms with E-state index in [1.54, 1.807) is 6.92 Å². The minimum absolute atomic E-state index is 0.103. The molecule has 0 aromatic heterocycles. The molecule has 1 amide bonds. The van der Waals surface area contributed by atoms with Crippen LogP contribution in [0.15, 0.2) is 53.4 Å². The van der Waals surface area contributed by atoms with E-state index in [9.17, 15) is 22.8 Å². The number of rotatable bonds is 8. The van der Waals surface area contributed by atoms with Crippen LogP contribution < -0.4 is 4.74 Å². The van der Waals surface area contributed by atoms with Gasteiger partial charge in [0.2, 0.25) is 6.41 Å². The molecule has 1 unspecified atom stereocenters. The number of nitrogens with zero attached hydrogens (tertiary/aromatic N) is 1. The zero-order valence-electron chi connectivity index (χ0n) is 13.5. The van der Waals surface area contributed by atoms with Gasteiger partial charge in [0.15, 0.2) is 9.84 Å². The molecule has 0 saturated carbocycles. The molecule has 0 saturated heterocycles. The van der Waals surface area contributed by atoms with Crippen molar-refractivity contribution >= 4 is 16.2 Å². The molecule has 0 aliphatic carbocycles. The molecule has 8 heteroatoms. The standard InChI is InChI=1S/C17H18FNO5S/c1-13(19(21)12-20)10-11-25(22,23)17-8-6-16(7-9-17)24-15-4-2-14(18)3-5-15/h2-9,12-13,21H,10-11H2,1H3. The van der Waals surface area contributed by atoms with Gasteiger partial charge in [-0.1, -0.05) is 0 Å². The lowest BCUT2D eigenvalue weighted by Crippen LogP contribution is -2.30. The first-order chi connectivity index (χ1) is 11.8. The number of halogens is 1. The third-order valence-electron chi connectivity index (χ3n) is 3.60. The number of sulfone groups is 1. The number of carbonyl (C=O) groups excluding carboxylic acids is 1. The van der Waals surface area contributed by atoms with E-state index in [-0.39, 0.29) is 29.3 Å². The van der Waals surface area contributed by atoms with Gasteiger partial charge < -0.3 is 4.74 Å². The number of hydroxylamine groups is 2. The van der Waals surface area contributed by atoms with Gasteiger partial charge in [-0.15, -0.1) is 0 Å². The highest BCUT2D eigenvalue weighted by molar-refractivity contribution is 7.91. The van der Waals surface area contributed by atoms with E-state index in [0.29, 0.717) is 16.6 Å². The SMILES string of the molecule is CC(CCS(=O)(=O)c1ccc(Oc2ccc(F)cc2)cc1)N(O)C=O. The van der Waals surface area contributed by atoms with E-state index in [1.165, 1.54) is 48.5 Å². The fourth-order valence-corrected chi connectivity index (χ4v) is 3.47. The van der Waals surface area contributed by atoms with Crippen LogP contribution in [-0.4, -0.2) is 36.9 Å². The number of hydrogen-bond acceptors (Lipinski definition) is 5. The lowest BCUT2D eigenvalue weighted by atomic mass is 10.3. The van der Waals surface area contributed by atoms with Crippen molar-refractivity contribution in [2.24, 2.45) is 0 Å². The van der Waals surface area contributed by atoms with Gasteiger partial charge in [0, 0.05) is 0 Å². The second kappa shape index (κ2) is 8.09. The minimum atomic E-state index is -3.55. The smallest absolute Gasteiger partial charge is 0.233 e. The van der Waals surface area contributed by atoms with E-state index in [4.69, 9.17) is 4.74 Å². The van der Waals surface area contributed by atoms with Gasteiger partial charge in [0.1, 0.15) is 17.3 Å². The molecule has 2 rings (SSSR count). The predicted molar refractivity (Wildman–Crippen MR) is 88.7 cm³/mol. The maximum Gasteiger partial charge on any atom is 0.233 e. The Kier molecular flexibility index (Phi) is 6.11. The second-order valence-electron chi connectivity index (χ2n) is 5.47. The van der Waals surface area contributed by atoms with E-state index >= 15 is 0 Å². The topological polar surface area (TPSA) is 83.9 Å². The third-order valence-corrected chi connectivity index (χ3v) is 5.36. The lowest BCUT2D eigenvalue weighted by Gasteiger charge is -2.17. The third kappa shape index (κ3) is 5.27. The van der Waals surface area contributed by atoms with E-state index in [0.717, 1.165) is 0 Å². The summed E-state index contributed by atoms with van der Waals surface area (Å²) in [6.07, 6.45) is 0.338. The molecule has 1 N–H and O–H groups in total. The van der Waals surface area contributed by atoms with Crippen molar-refractivity contribution in [1.82, 2.24) is 5.06 Å². The van der Waals surface area contributed by atoms with Crippen LogP contribution in [0.25, 0.3) is 0 Å². The summed E-state index contributed by atoms with van der Waals surface area (Å²) < 4.78 is 42.9. The molecule has 1 atom stereocenters. The summed E-state index contributed by atoms with van der Waals surface area (Å²) in [5.74, 6) is 0.264. The first kappa shape index (κ1) is 18.9. The first-order valence-corrected chi connectivity index (χ1v) is 9.16. The number of benzene rings is 2. The van der Waals surface area contributed by atoms with Gasteiger partial charge >= 0.3 is 0 Å². The van der Waals surface area contributed by atoms with Gasteiger partial charge in [0.05, 0.1) is 16.7 Å². The Morgan fingerprint density at radius 3 is 2.16 bits per heavy atom. The Labute approximate surface area is 145 Å². The summed E-state index contributed by atoms with van der Waals surface area (Å²) in [6, 6.07) is 10.7. The Balaban J connectivity index is 2.02. The molecule has 0 aliphatic rings. The number of ether oxygens (including phenoxy) is 1. The van der Waals surface area contributed by atoms with E-state index in [2.05, 4.69) is 0 Å². The molecule has 134 valence electrons. The van der Waals surface area contributed by atoms with Crippen LogP contribution in [0.4, 0.5) is 4.39 Å². The largest absolute Gasteiger partial charge is 0.457 e. The Morgan fingerprint density at radius 2 is 1.64 bits per heavy atom. The molecule has 0 aliphatic heterocycles. The van der Waals surface area contributed by atoms with Gasteiger partial charge in [-0.25, -0.2) is 17.9 Å². The maximum absolute atomic E-state index is 12.9. The summed E-state index contributed by atoms with van der Waals surface area (Å²) >= 11 is 0. The average molecular weight is 367 g/mol. The van der Waals surface area contributed by atoms with Crippen molar-refractivity contribution in [3.8, 4) is 11.5 Å². The van der Waals surface area contributed by atoms with Crippen LogP contribution in [0.3, 0.4) is 0 Å². The van der Waals surface area contributed by atoms with Gasteiger partial charge in [-0.2, -0.15) is 0 Å². The highest BCUT2D eigenvalue weighted by atomic mass is 32.2. The molecule has 25 heavy (non-hydrogen) atoms. The Bertz CT molecular complexity index is 806. The molecule has 0 spiro atoms. The van der Waals surface area contributed by atoms with Crippen molar-refractivity contribution in [1.29, 1.82) is 0 Å². The highest BCUT2D eigenvalue weighted by Crippen LogP contribution is 2.24. The summed E-state index contributed by atoms with van der Waals surface area (Å²) in [6.45, 7) is 1.55. The Hall–Kier alpha value is -2.45. The zero-order chi connectivity index (χ0) is 18.4. The highest BCUT2D eigenvalue weighted by Gasteiger charge is 2.18. The van der Waals surface area contributed by atoms with Crippen molar-refractivity contribution in [2.45, 2.75) is 24.3 Å². The van der Waals surface area contributed by atoms with Crippen molar-refractivity contribution in [2.75, 3.05) is 5.75 Å². The second-order valence-corrected chi connectivity index (χ2v) is 7.58. The summed E-state index contributed by atoms with van der Waals surface area (Å²) in [7, 11) is -3.55. The molecule has 2 aromatic carbocycles. The molecule has 0 radical (unpaired) electrons. The normalized spacial score (nSPS) is 12.4. The van der Waals surface area contributed by atoms with Crippen LogP contribution in [0, 0.1) is 5.82 Å². The van der Waals surface area contributed by atoms with Gasteiger partial charge in [0.25, 0.3) is 0 Å². The van der Waals surface area contributed by atoms with Crippen LogP contribution >= 0.6 is 0 Å². The van der Waals surface area contributed by atoms with Crippen molar-refractivity contribution in [3.05, 3.63) is 54.3 Å². The number of carbonyl (C=O) groups is 1. The first-order valence-electron chi connectivity index (χ1n) is 7.50. The molecule has 6 nitrogen and oxygen atoms in total. The molecule has 0 heterocycles. The fourth-order valence-electron chi connectivity index (χ4n) is 2.03. The monoisotopic (exact) mass is 367 g/mol. The maximum atomic E-state index is 12.9. The predicted octanol–water partition coefficient (Wildman–Crippen LogP) is 3.02. The molecule has 0 bridgehead atoms.